The monoisotopic (exact) mass is 206 g/mol. The summed E-state index contributed by atoms with van der Waals surface area (Å²) in [6.07, 6.45) is -5.53. The predicted molar refractivity (Wildman–Crippen MR) is 46.2 cm³/mol. The minimum Gasteiger partial charge on any atom is -0.387 e. The Labute approximate surface area is 80.7 Å². The summed E-state index contributed by atoms with van der Waals surface area (Å²) in [5, 5.41) is 31.5. The van der Waals surface area contributed by atoms with E-state index in [0.29, 0.717) is 0 Å². The Hall–Kier alpha value is -1.18. The number of nitrogens with one attached hydrogen (secondary N) is 2. The molecule has 0 unspecified atom stereocenters. The van der Waals surface area contributed by atoms with Gasteiger partial charge in [-0.05, 0) is 0 Å². The van der Waals surface area contributed by atoms with Crippen LogP contribution in [-0.4, -0.2) is 59.5 Å². The van der Waals surface area contributed by atoms with Crippen LogP contribution in [0.15, 0.2) is 0 Å². The van der Waals surface area contributed by atoms with Crippen LogP contribution in [0.5, 0.6) is 0 Å². The molecule has 0 saturated carbocycles. The van der Waals surface area contributed by atoms with Crippen molar-refractivity contribution in [1.82, 2.24) is 10.6 Å². The summed E-state index contributed by atoms with van der Waals surface area (Å²) >= 11 is 0. The maximum Gasteiger partial charge on any atom is 0.251 e. The molecular weight excluding hydrogens is 192 g/mol. The van der Waals surface area contributed by atoms with E-state index in [2.05, 4.69) is 10.6 Å². The number of carbonyl (C=O) groups is 2. The van der Waals surface area contributed by atoms with Crippen molar-refractivity contribution in [2.24, 2.45) is 0 Å². The smallest absolute Gasteiger partial charge is 0.251 e. The number of likely N-dealkylation sites (N-methyl/N-ethyl adjacent to an activating group) is 2. The molecule has 82 valence electrons. The van der Waals surface area contributed by atoms with E-state index in [4.69, 9.17) is 15.3 Å². The van der Waals surface area contributed by atoms with E-state index in [-0.39, 0.29) is 0 Å². The number of hydrogen-bond acceptors (Lipinski definition) is 5. The Balaban J connectivity index is 4.37. The zero-order valence-corrected chi connectivity index (χ0v) is 7.89. The summed E-state index contributed by atoms with van der Waals surface area (Å²) in [7, 11) is 2.51. The van der Waals surface area contributed by atoms with E-state index in [1.54, 1.807) is 0 Å². The summed E-state index contributed by atoms with van der Waals surface area (Å²) in [6, 6.07) is 0. The third-order valence-corrected chi connectivity index (χ3v) is 1.68. The largest absolute Gasteiger partial charge is 0.387 e. The van der Waals surface area contributed by atoms with Gasteiger partial charge >= 0.3 is 0 Å². The van der Waals surface area contributed by atoms with Crippen molar-refractivity contribution in [3.8, 4) is 0 Å². The third-order valence-electron chi connectivity index (χ3n) is 1.68. The van der Waals surface area contributed by atoms with Crippen molar-refractivity contribution in [1.29, 1.82) is 0 Å². The number of hydrogen-bond donors (Lipinski definition) is 5. The maximum atomic E-state index is 10.8. The molecule has 0 radical (unpaired) electrons. The molecule has 2 amide bonds. The Bertz CT molecular complexity index is 198. The molecule has 2 atom stereocenters. The van der Waals surface area contributed by atoms with Crippen molar-refractivity contribution < 1.29 is 24.9 Å². The van der Waals surface area contributed by atoms with Crippen molar-refractivity contribution in [2.45, 2.75) is 18.3 Å². The molecule has 14 heavy (non-hydrogen) atoms. The maximum absolute atomic E-state index is 10.8. The van der Waals surface area contributed by atoms with Gasteiger partial charge in [0.05, 0.1) is 0 Å². The molecule has 7 heteroatoms. The quantitative estimate of drug-likeness (QED) is 0.328. The minimum absolute atomic E-state index is 0.875. The van der Waals surface area contributed by atoms with Crippen LogP contribution in [0.3, 0.4) is 0 Å². The van der Waals surface area contributed by atoms with Gasteiger partial charge in [-0.2, -0.15) is 0 Å². The first-order valence-corrected chi connectivity index (χ1v) is 3.93. The second-order valence-corrected chi connectivity index (χ2v) is 2.61. The number of aliphatic hydroxyl groups is 3. The number of rotatable bonds is 4. The van der Waals surface area contributed by atoms with Gasteiger partial charge in [0.1, 0.15) is 6.10 Å². The van der Waals surface area contributed by atoms with Gasteiger partial charge in [0.15, 0.2) is 12.2 Å². The highest BCUT2D eigenvalue weighted by Crippen LogP contribution is 2.00. The van der Waals surface area contributed by atoms with Crippen LogP contribution in [0.1, 0.15) is 0 Å². The zero-order chi connectivity index (χ0) is 11.3. The van der Waals surface area contributed by atoms with Gasteiger partial charge < -0.3 is 26.0 Å². The molecule has 0 spiro atoms. The first-order valence-electron chi connectivity index (χ1n) is 3.93. The van der Waals surface area contributed by atoms with Crippen LogP contribution >= 0.6 is 0 Å². The van der Waals surface area contributed by atoms with Gasteiger partial charge in [0.25, 0.3) is 11.8 Å². The van der Waals surface area contributed by atoms with Crippen molar-refractivity contribution in [2.75, 3.05) is 14.1 Å². The summed E-state index contributed by atoms with van der Waals surface area (Å²) in [4.78, 5) is 21.6. The average molecular weight is 206 g/mol. The molecule has 0 aliphatic rings. The molecule has 0 heterocycles. The highest BCUT2D eigenvalue weighted by atomic mass is 16.4. The molecule has 0 aliphatic carbocycles. The lowest BCUT2D eigenvalue weighted by Gasteiger charge is -2.20. The minimum atomic E-state index is -1.85. The fourth-order valence-corrected chi connectivity index (χ4v) is 0.779. The van der Waals surface area contributed by atoms with Gasteiger partial charge in [-0.1, -0.05) is 0 Å². The standard InChI is InChI=1S/C7H14N2O5/c1-8-6(13)4(11)3(10)5(12)7(14)9-2/h3-5,10-12H,1-2H3,(H,8,13)(H,9,14)/t4-,5-/m0/s1. The van der Waals surface area contributed by atoms with Crippen LogP contribution in [0.25, 0.3) is 0 Å². The van der Waals surface area contributed by atoms with E-state index in [9.17, 15) is 9.59 Å². The van der Waals surface area contributed by atoms with Gasteiger partial charge in [0.2, 0.25) is 0 Å². The molecule has 0 fully saturated rings. The number of carbonyl (C=O) groups excluding carboxylic acids is 2. The van der Waals surface area contributed by atoms with Crippen molar-refractivity contribution >= 4 is 11.8 Å². The SMILES string of the molecule is CNC(=O)[C@@H](O)C(O)[C@H](O)C(=O)NC. The van der Waals surface area contributed by atoms with E-state index in [0.717, 1.165) is 0 Å². The summed E-state index contributed by atoms with van der Waals surface area (Å²) in [6.45, 7) is 0. The summed E-state index contributed by atoms with van der Waals surface area (Å²) in [5.41, 5.74) is 0. The third kappa shape index (κ3) is 2.95. The molecule has 0 bridgehead atoms. The first-order chi connectivity index (χ1) is 6.45. The molecule has 0 aliphatic heterocycles. The van der Waals surface area contributed by atoms with Crippen LogP contribution < -0.4 is 10.6 Å². The van der Waals surface area contributed by atoms with Crippen LogP contribution in [-0.2, 0) is 9.59 Å². The van der Waals surface area contributed by atoms with Gasteiger partial charge in [-0.15, -0.1) is 0 Å². The van der Waals surface area contributed by atoms with Crippen LogP contribution in [0.2, 0.25) is 0 Å². The Morgan fingerprint density at radius 1 is 0.929 bits per heavy atom. The Morgan fingerprint density at radius 2 is 1.21 bits per heavy atom. The van der Waals surface area contributed by atoms with E-state index in [1.165, 1.54) is 14.1 Å². The summed E-state index contributed by atoms with van der Waals surface area (Å²) in [5.74, 6) is -1.75. The normalized spacial score (nSPS) is 14.7. The van der Waals surface area contributed by atoms with E-state index >= 15 is 0 Å². The number of amides is 2. The van der Waals surface area contributed by atoms with Gasteiger partial charge in [-0.3, -0.25) is 9.59 Å². The van der Waals surface area contributed by atoms with Crippen LogP contribution in [0.4, 0.5) is 0 Å². The summed E-state index contributed by atoms with van der Waals surface area (Å²) < 4.78 is 0. The van der Waals surface area contributed by atoms with Crippen molar-refractivity contribution in [3.63, 3.8) is 0 Å². The second-order valence-electron chi connectivity index (χ2n) is 2.61. The molecular formula is C7H14N2O5. The lowest BCUT2D eigenvalue weighted by molar-refractivity contribution is -0.148. The van der Waals surface area contributed by atoms with Crippen LogP contribution in [0, 0.1) is 0 Å². The van der Waals surface area contributed by atoms with Gasteiger partial charge in [0, 0.05) is 14.1 Å². The molecule has 0 saturated heterocycles. The number of aliphatic hydroxyl groups excluding tert-OH is 3. The Kier molecular flexibility index (Phi) is 5.06. The lowest BCUT2D eigenvalue weighted by atomic mass is 10.1. The fraction of sp³-hybridized carbons (Fsp3) is 0.714. The van der Waals surface area contributed by atoms with Crippen molar-refractivity contribution in [3.05, 3.63) is 0 Å². The van der Waals surface area contributed by atoms with E-state index < -0.39 is 30.1 Å². The molecule has 7 nitrogen and oxygen atoms in total. The second kappa shape index (κ2) is 5.53. The molecule has 0 aromatic carbocycles. The Morgan fingerprint density at radius 3 is 1.43 bits per heavy atom. The predicted octanol–water partition coefficient (Wildman–Crippen LogP) is -3.44. The average Bonchev–Trinajstić information content (AvgIpc) is 2.23. The van der Waals surface area contributed by atoms with Gasteiger partial charge in [-0.25, -0.2) is 0 Å². The molecule has 5 N–H and O–H groups in total. The first kappa shape index (κ1) is 12.8. The highest BCUT2D eigenvalue weighted by Gasteiger charge is 2.33. The fourth-order valence-electron chi connectivity index (χ4n) is 0.779. The molecule has 0 rings (SSSR count). The van der Waals surface area contributed by atoms with E-state index in [1.807, 2.05) is 0 Å². The molecule has 0 aromatic heterocycles. The molecule has 0 aromatic rings. The highest BCUT2D eigenvalue weighted by molar-refractivity contribution is 5.85. The lowest BCUT2D eigenvalue weighted by Crippen LogP contribution is -2.51. The topological polar surface area (TPSA) is 119 Å². The zero-order valence-electron chi connectivity index (χ0n) is 7.89.